The van der Waals surface area contributed by atoms with Crippen LogP contribution < -0.4 is 9.46 Å². The number of aromatic nitrogens is 1. The van der Waals surface area contributed by atoms with E-state index in [0.29, 0.717) is 5.56 Å². The van der Waals surface area contributed by atoms with Crippen LogP contribution in [0, 0.1) is 0 Å². The van der Waals surface area contributed by atoms with Crippen LogP contribution >= 0.6 is 0 Å². The Balaban J connectivity index is 1.67. The minimum Gasteiger partial charge on any atom is -0.495 e. The third-order valence-corrected chi connectivity index (χ3v) is 6.85. The van der Waals surface area contributed by atoms with Gasteiger partial charge in [-0.15, -0.1) is 0 Å². The molecule has 1 heterocycles. The zero-order valence-corrected chi connectivity index (χ0v) is 17.4. The molecule has 2 aliphatic rings. The van der Waals surface area contributed by atoms with Crippen LogP contribution in [0.4, 0.5) is 0 Å². The molecule has 0 bridgehead atoms. The van der Waals surface area contributed by atoms with Crippen molar-refractivity contribution in [2.75, 3.05) is 7.11 Å². The van der Waals surface area contributed by atoms with Gasteiger partial charge < -0.3 is 9.64 Å². The van der Waals surface area contributed by atoms with Crippen LogP contribution in [0.3, 0.4) is 0 Å². The lowest BCUT2D eigenvalue weighted by atomic mass is 10.1. The Hall–Kier alpha value is -2.45. The molecule has 4 rings (SSSR count). The first-order chi connectivity index (χ1) is 13.9. The fourth-order valence-electron chi connectivity index (χ4n) is 3.43. The maximum atomic E-state index is 13.4. The molecule has 29 heavy (non-hydrogen) atoms. The molecule has 7 nitrogen and oxygen atoms in total. The summed E-state index contributed by atoms with van der Waals surface area (Å²) in [5, 5.41) is 0. The Morgan fingerprint density at radius 1 is 1.21 bits per heavy atom. The zero-order chi connectivity index (χ0) is 20.6. The number of rotatable bonds is 8. The molecule has 2 aliphatic carbocycles. The number of carbonyl (C=O) groups excluding carboxylic acids is 1. The SMILES string of the molecule is COc1ccc(C(=O)N(C2CC2)C(C)c2ccccn2)cc1S(=O)(=O)NC1CC1. The molecule has 0 spiro atoms. The molecule has 1 unspecified atom stereocenters. The predicted molar refractivity (Wildman–Crippen MR) is 108 cm³/mol. The van der Waals surface area contributed by atoms with E-state index < -0.39 is 10.0 Å². The molecule has 0 saturated heterocycles. The molecule has 1 aromatic carbocycles. The lowest BCUT2D eigenvalue weighted by Crippen LogP contribution is -2.36. The molecule has 2 aromatic rings. The van der Waals surface area contributed by atoms with Crippen LogP contribution in [-0.4, -0.2) is 43.4 Å². The average Bonchev–Trinajstić information content (AvgIpc) is 3.64. The Bertz CT molecular complexity index is 1000. The van der Waals surface area contributed by atoms with Gasteiger partial charge in [0.2, 0.25) is 10.0 Å². The molecule has 1 amide bonds. The quantitative estimate of drug-likeness (QED) is 0.716. The minimum atomic E-state index is -3.76. The molecule has 1 atom stereocenters. The van der Waals surface area contributed by atoms with E-state index in [9.17, 15) is 13.2 Å². The summed E-state index contributed by atoms with van der Waals surface area (Å²) in [6.07, 6.45) is 5.25. The van der Waals surface area contributed by atoms with Crippen molar-refractivity contribution >= 4 is 15.9 Å². The third-order valence-electron chi connectivity index (χ3n) is 5.31. The second-order valence-corrected chi connectivity index (χ2v) is 9.32. The first-order valence-corrected chi connectivity index (χ1v) is 11.3. The number of pyridine rings is 1. The topological polar surface area (TPSA) is 88.6 Å². The number of nitrogens with one attached hydrogen (secondary N) is 1. The summed E-state index contributed by atoms with van der Waals surface area (Å²) in [5.41, 5.74) is 1.14. The van der Waals surface area contributed by atoms with Gasteiger partial charge >= 0.3 is 0 Å². The molecule has 8 heteroatoms. The second kappa shape index (κ2) is 7.76. The maximum absolute atomic E-state index is 13.4. The Labute approximate surface area is 171 Å². The molecule has 2 saturated carbocycles. The van der Waals surface area contributed by atoms with E-state index in [2.05, 4.69) is 9.71 Å². The van der Waals surface area contributed by atoms with Crippen molar-refractivity contribution in [1.82, 2.24) is 14.6 Å². The van der Waals surface area contributed by atoms with Gasteiger partial charge in [-0.1, -0.05) is 6.07 Å². The van der Waals surface area contributed by atoms with E-state index in [4.69, 9.17) is 4.74 Å². The predicted octanol–water partition coefficient (Wildman–Crippen LogP) is 2.90. The van der Waals surface area contributed by atoms with Crippen LogP contribution in [0.1, 0.15) is 54.7 Å². The number of hydrogen-bond donors (Lipinski definition) is 1. The van der Waals surface area contributed by atoms with Crippen molar-refractivity contribution in [3.8, 4) is 5.75 Å². The van der Waals surface area contributed by atoms with Crippen molar-refractivity contribution < 1.29 is 17.9 Å². The van der Waals surface area contributed by atoms with Crippen LogP contribution in [0.25, 0.3) is 0 Å². The minimum absolute atomic E-state index is 0.000939. The highest BCUT2D eigenvalue weighted by atomic mass is 32.2. The summed E-state index contributed by atoms with van der Waals surface area (Å²) in [7, 11) is -2.33. The van der Waals surface area contributed by atoms with Gasteiger partial charge in [0.25, 0.3) is 5.91 Å². The van der Waals surface area contributed by atoms with Crippen LogP contribution in [0.2, 0.25) is 0 Å². The molecule has 0 aliphatic heterocycles. The standard InChI is InChI=1S/C21H25N3O4S/c1-14(18-5-3-4-12-22-18)24(17-9-10-17)21(25)15-6-11-19(28-2)20(13-15)29(26,27)23-16-7-8-16/h3-6,11-14,16-17,23H,7-10H2,1-2H3. The molecule has 1 N–H and O–H groups in total. The molecular formula is C21H25N3O4S. The average molecular weight is 416 g/mol. The fourth-order valence-corrected chi connectivity index (χ4v) is 4.93. The summed E-state index contributed by atoms with van der Waals surface area (Å²) >= 11 is 0. The Morgan fingerprint density at radius 3 is 2.55 bits per heavy atom. The van der Waals surface area contributed by atoms with Gasteiger partial charge in [0, 0.05) is 23.8 Å². The highest BCUT2D eigenvalue weighted by Gasteiger charge is 2.38. The molecule has 154 valence electrons. The van der Waals surface area contributed by atoms with Gasteiger partial charge in [0.05, 0.1) is 18.8 Å². The Morgan fingerprint density at radius 2 is 1.97 bits per heavy atom. The number of nitrogens with zero attached hydrogens (tertiary/aromatic N) is 2. The lowest BCUT2D eigenvalue weighted by Gasteiger charge is -2.29. The number of benzene rings is 1. The summed E-state index contributed by atoms with van der Waals surface area (Å²) in [6, 6.07) is 10.1. The largest absolute Gasteiger partial charge is 0.495 e. The van der Waals surface area contributed by atoms with Crippen molar-refractivity contribution in [2.24, 2.45) is 0 Å². The van der Waals surface area contributed by atoms with Gasteiger partial charge in [-0.2, -0.15) is 0 Å². The fraction of sp³-hybridized carbons (Fsp3) is 0.429. The zero-order valence-electron chi connectivity index (χ0n) is 16.5. The first kappa shape index (κ1) is 19.8. The second-order valence-electron chi connectivity index (χ2n) is 7.64. The van der Waals surface area contributed by atoms with E-state index >= 15 is 0 Å². The van der Waals surface area contributed by atoms with Crippen molar-refractivity contribution in [1.29, 1.82) is 0 Å². The molecular weight excluding hydrogens is 390 g/mol. The van der Waals surface area contributed by atoms with Crippen molar-refractivity contribution in [3.63, 3.8) is 0 Å². The monoisotopic (exact) mass is 415 g/mol. The van der Waals surface area contributed by atoms with Crippen LogP contribution in [0.15, 0.2) is 47.5 Å². The summed E-state index contributed by atoms with van der Waals surface area (Å²) < 4.78 is 33.5. The van der Waals surface area contributed by atoms with E-state index in [1.807, 2.05) is 30.0 Å². The number of sulfonamides is 1. The van der Waals surface area contributed by atoms with E-state index in [1.54, 1.807) is 18.3 Å². The normalized spacial score (nSPS) is 17.6. The van der Waals surface area contributed by atoms with Gasteiger partial charge in [-0.25, -0.2) is 13.1 Å². The highest BCUT2D eigenvalue weighted by Crippen LogP contribution is 2.36. The molecule has 0 radical (unpaired) electrons. The van der Waals surface area contributed by atoms with Gasteiger partial charge in [-0.3, -0.25) is 9.78 Å². The van der Waals surface area contributed by atoms with Crippen LogP contribution in [0.5, 0.6) is 5.75 Å². The summed E-state index contributed by atoms with van der Waals surface area (Å²) in [6.45, 7) is 1.95. The lowest BCUT2D eigenvalue weighted by molar-refractivity contribution is 0.0670. The molecule has 1 aromatic heterocycles. The van der Waals surface area contributed by atoms with Crippen molar-refractivity contribution in [3.05, 3.63) is 53.9 Å². The van der Waals surface area contributed by atoms with E-state index in [-0.39, 0.29) is 34.7 Å². The van der Waals surface area contributed by atoms with Crippen molar-refractivity contribution in [2.45, 2.75) is 55.6 Å². The number of carbonyl (C=O) groups is 1. The van der Waals surface area contributed by atoms with Gasteiger partial charge in [0.15, 0.2) is 0 Å². The van der Waals surface area contributed by atoms with E-state index in [0.717, 1.165) is 31.4 Å². The molecule has 2 fully saturated rings. The number of hydrogen-bond acceptors (Lipinski definition) is 5. The van der Waals surface area contributed by atoms with Gasteiger partial charge in [0.1, 0.15) is 10.6 Å². The highest BCUT2D eigenvalue weighted by molar-refractivity contribution is 7.89. The smallest absolute Gasteiger partial charge is 0.254 e. The summed E-state index contributed by atoms with van der Waals surface area (Å²) in [4.78, 5) is 19.6. The first-order valence-electron chi connectivity index (χ1n) is 9.84. The third kappa shape index (κ3) is 4.28. The van der Waals surface area contributed by atoms with Gasteiger partial charge in [-0.05, 0) is 62.9 Å². The number of methoxy groups -OCH3 is 1. The van der Waals surface area contributed by atoms with E-state index in [1.165, 1.54) is 13.2 Å². The maximum Gasteiger partial charge on any atom is 0.254 e. The van der Waals surface area contributed by atoms with Crippen LogP contribution in [-0.2, 0) is 10.0 Å². The summed E-state index contributed by atoms with van der Waals surface area (Å²) in [5.74, 6) is 0.0293. The number of ether oxygens (including phenoxy) is 1. The number of amides is 1. The Kier molecular flexibility index (Phi) is 5.31.